The van der Waals surface area contributed by atoms with Gasteiger partial charge in [-0.05, 0) is 63.2 Å². The van der Waals surface area contributed by atoms with Crippen LogP contribution in [0.25, 0.3) is 5.57 Å². The molecule has 4 nitrogen and oxygen atoms in total. The van der Waals surface area contributed by atoms with E-state index in [0.717, 1.165) is 42.7 Å². The van der Waals surface area contributed by atoms with Gasteiger partial charge in [-0.25, -0.2) is 13.8 Å². The maximum atomic E-state index is 13.7. The van der Waals surface area contributed by atoms with E-state index in [1.807, 2.05) is 6.07 Å². The second-order valence-corrected chi connectivity index (χ2v) is 6.61. The minimum absolute atomic E-state index is 0.218. The Morgan fingerprint density at radius 2 is 2.04 bits per heavy atom. The number of amides is 1. The van der Waals surface area contributed by atoms with Gasteiger partial charge in [-0.15, -0.1) is 0 Å². The van der Waals surface area contributed by atoms with E-state index < -0.39 is 17.5 Å². The summed E-state index contributed by atoms with van der Waals surface area (Å²) >= 11 is 0. The van der Waals surface area contributed by atoms with E-state index in [1.54, 1.807) is 12.1 Å². The highest BCUT2D eigenvalue weighted by Crippen LogP contribution is 2.28. The Balaban J connectivity index is 1.75. The molecule has 0 fully saturated rings. The van der Waals surface area contributed by atoms with Crippen LogP contribution < -0.4 is 5.32 Å². The topological polar surface area (TPSA) is 45.2 Å². The Kier molecular flexibility index (Phi) is 5.42. The number of halogens is 2. The largest absolute Gasteiger partial charge is 0.306 e. The summed E-state index contributed by atoms with van der Waals surface area (Å²) in [6, 6.07) is 8.74. The van der Waals surface area contributed by atoms with E-state index in [0.29, 0.717) is 17.9 Å². The molecule has 136 valence electrons. The number of anilines is 1. The average Bonchev–Trinajstić information content (AvgIpc) is 2.62. The molecule has 2 aromatic rings. The van der Waals surface area contributed by atoms with Crippen LogP contribution in [-0.4, -0.2) is 35.9 Å². The highest BCUT2D eigenvalue weighted by atomic mass is 19.1. The van der Waals surface area contributed by atoms with Gasteiger partial charge in [0.05, 0.1) is 11.3 Å². The fourth-order valence-corrected chi connectivity index (χ4v) is 3.06. The number of allylic oxidation sites excluding steroid dienone is 1. The first-order chi connectivity index (χ1) is 12.4. The van der Waals surface area contributed by atoms with Crippen molar-refractivity contribution in [2.75, 3.05) is 19.4 Å². The molecule has 0 saturated carbocycles. The fraction of sp³-hybridized carbons (Fsp3) is 0.300. The van der Waals surface area contributed by atoms with Crippen LogP contribution in [0.3, 0.4) is 0 Å². The van der Waals surface area contributed by atoms with Gasteiger partial charge in [-0.3, -0.25) is 4.79 Å². The van der Waals surface area contributed by atoms with Crippen molar-refractivity contribution in [2.24, 2.45) is 0 Å². The maximum Gasteiger partial charge on any atom is 0.259 e. The standard InChI is InChI=1S/C20H21F2N3O/c1-25(2)15-9-6-13(7-10-15)18-4-3-5-19(23-18)24-20(26)16-11-8-14(21)12-17(16)22/h3-6,8,11-12,15H,7,9-10H2,1-2H3,(H,23,24,26). The second-order valence-electron chi connectivity index (χ2n) is 6.61. The molecule has 1 unspecified atom stereocenters. The predicted octanol–water partition coefficient (Wildman–Crippen LogP) is 4.11. The molecule has 0 saturated heterocycles. The number of carbonyl (C=O) groups excluding carboxylic acids is 1. The molecular formula is C20H21F2N3O. The van der Waals surface area contributed by atoms with Crippen LogP contribution in [0.5, 0.6) is 0 Å². The summed E-state index contributed by atoms with van der Waals surface area (Å²) in [6.07, 6.45) is 5.11. The molecule has 1 aromatic carbocycles. The van der Waals surface area contributed by atoms with Crippen molar-refractivity contribution < 1.29 is 13.6 Å². The molecule has 0 spiro atoms. The van der Waals surface area contributed by atoms with Crippen molar-refractivity contribution in [3.63, 3.8) is 0 Å². The predicted molar refractivity (Wildman–Crippen MR) is 97.9 cm³/mol. The smallest absolute Gasteiger partial charge is 0.259 e. The summed E-state index contributed by atoms with van der Waals surface area (Å²) in [5.74, 6) is -1.94. The Morgan fingerprint density at radius 1 is 1.23 bits per heavy atom. The molecule has 3 rings (SSSR count). The van der Waals surface area contributed by atoms with Crippen molar-refractivity contribution >= 4 is 17.3 Å². The first-order valence-corrected chi connectivity index (χ1v) is 8.53. The number of pyridine rings is 1. The molecule has 1 heterocycles. The molecule has 1 amide bonds. The normalized spacial score (nSPS) is 17.1. The van der Waals surface area contributed by atoms with Crippen LogP contribution in [0, 0.1) is 11.6 Å². The summed E-state index contributed by atoms with van der Waals surface area (Å²) in [4.78, 5) is 18.9. The molecular weight excluding hydrogens is 336 g/mol. The van der Waals surface area contributed by atoms with E-state index in [4.69, 9.17) is 0 Å². The lowest BCUT2D eigenvalue weighted by Gasteiger charge is -2.27. The Labute approximate surface area is 151 Å². The number of benzene rings is 1. The number of carbonyl (C=O) groups is 1. The molecule has 6 heteroatoms. The van der Waals surface area contributed by atoms with Gasteiger partial charge >= 0.3 is 0 Å². The van der Waals surface area contributed by atoms with Gasteiger partial charge in [0, 0.05) is 12.1 Å². The third kappa shape index (κ3) is 4.14. The van der Waals surface area contributed by atoms with Gasteiger partial charge in [0.1, 0.15) is 17.5 Å². The summed E-state index contributed by atoms with van der Waals surface area (Å²) in [5.41, 5.74) is 1.73. The quantitative estimate of drug-likeness (QED) is 0.896. The molecule has 1 aliphatic carbocycles. The summed E-state index contributed by atoms with van der Waals surface area (Å²) in [5, 5.41) is 2.58. The Hall–Kier alpha value is -2.60. The molecule has 0 aliphatic heterocycles. The van der Waals surface area contributed by atoms with Crippen molar-refractivity contribution in [1.29, 1.82) is 0 Å². The molecule has 0 bridgehead atoms. The van der Waals surface area contributed by atoms with E-state index >= 15 is 0 Å². The van der Waals surface area contributed by atoms with Gasteiger partial charge in [0.15, 0.2) is 0 Å². The number of nitrogens with one attached hydrogen (secondary N) is 1. The number of hydrogen-bond acceptors (Lipinski definition) is 3. The van der Waals surface area contributed by atoms with E-state index in [1.165, 1.54) is 0 Å². The third-order valence-corrected chi connectivity index (χ3v) is 4.61. The summed E-state index contributed by atoms with van der Waals surface area (Å²) < 4.78 is 26.7. The van der Waals surface area contributed by atoms with Crippen LogP contribution in [0.15, 0.2) is 42.5 Å². The first-order valence-electron chi connectivity index (χ1n) is 8.53. The van der Waals surface area contributed by atoms with Crippen LogP contribution in [0.2, 0.25) is 0 Å². The molecule has 1 aromatic heterocycles. The zero-order valence-electron chi connectivity index (χ0n) is 14.8. The van der Waals surface area contributed by atoms with Gasteiger partial charge in [0.25, 0.3) is 5.91 Å². The van der Waals surface area contributed by atoms with Crippen LogP contribution in [0.1, 0.15) is 35.3 Å². The zero-order chi connectivity index (χ0) is 18.7. The number of nitrogens with zero attached hydrogens (tertiary/aromatic N) is 2. The zero-order valence-corrected chi connectivity index (χ0v) is 14.8. The molecule has 1 N–H and O–H groups in total. The van der Waals surface area contributed by atoms with Gasteiger partial charge in [-0.2, -0.15) is 0 Å². The monoisotopic (exact) mass is 357 g/mol. The number of aromatic nitrogens is 1. The Morgan fingerprint density at radius 3 is 2.69 bits per heavy atom. The van der Waals surface area contributed by atoms with Crippen molar-refractivity contribution in [3.05, 3.63) is 65.4 Å². The van der Waals surface area contributed by atoms with E-state index in [9.17, 15) is 13.6 Å². The maximum absolute atomic E-state index is 13.7. The van der Waals surface area contributed by atoms with Crippen molar-refractivity contribution in [3.8, 4) is 0 Å². The summed E-state index contributed by atoms with van der Waals surface area (Å²) in [6.45, 7) is 0. The van der Waals surface area contributed by atoms with Crippen molar-refractivity contribution in [2.45, 2.75) is 25.3 Å². The molecule has 0 radical (unpaired) electrons. The minimum Gasteiger partial charge on any atom is -0.306 e. The number of hydrogen-bond donors (Lipinski definition) is 1. The first kappa shape index (κ1) is 18.2. The highest BCUT2D eigenvalue weighted by molar-refractivity contribution is 6.04. The van der Waals surface area contributed by atoms with Crippen molar-refractivity contribution in [1.82, 2.24) is 9.88 Å². The molecule has 1 aliphatic rings. The lowest BCUT2D eigenvalue weighted by Crippen LogP contribution is -2.29. The summed E-state index contributed by atoms with van der Waals surface area (Å²) in [7, 11) is 4.15. The fourth-order valence-electron chi connectivity index (χ4n) is 3.06. The van der Waals surface area contributed by atoms with Crippen LogP contribution in [-0.2, 0) is 0 Å². The SMILES string of the molecule is CN(C)C1CC=C(c2cccc(NC(=O)c3ccc(F)cc3F)n2)CC1. The van der Waals surface area contributed by atoms with Gasteiger partial charge < -0.3 is 10.2 Å². The van der Waals surface area contributed by atoms with Gasteiger partial charge in [0.2, 0.25) is 0 Å². The molecule has 26 heavy (non-hydrogen) atoms. The average molecular weight is 357 g/mol. The minimum atomic E-state index is -0.900. The van der Waals surface area contributed by atoms with E-state index in [-0.39, 0.29) is 5.56 Å². The lowest BCUT2D eigenvalue weighted by molar-refractivity contribution is 0.102. The lowest BCUT2D eigenvalue weighted by atomic mass is 9.92. The second kappa shape index (κ2) is 7.74. The van der Waals surface area contributed by atoms with Crippen LogP contribution >= 0.6 is 0 Å². The molecule has 1 atom stereocenters. The number of rotatable bonds is 4. The van der Waals surface area contributed by atoms with Gasteiger partial charge in [-0.1, -0.05) is 12.1 Å². The van der Waals surface area contributed by atoms with E-state index in [2.05, 4.69) is 35.4 Å². The Bertz CT molecular complexity index is 849. The third-order valence-electron chi connectivity index (χ3n) is 4.61. The van der Waals surface area contributed by atoms with Crippen LogP contribution in [0.4, 0.5) is 14.6 Å². The highest BCUT2D eigenvalue weighted by Gasteiger charge is 2.18.